The summed E-state index contributed by atoms with van der Waals surface area (Å²) in [5.41, 5.74) is 5.50. The van der Waals surface area contributed by atoms with Crippen molar-refractivity contribution in [2.45, 2.75) is 27.2 Å². The first-order chi connectivity index (χ1) is 5.15. The van der Waals surface area contributed by atoms with Crippen molar-refractivity contribution in [1.29, 1.82) is 0 Å². The first kappa shape index (κ1) is 15.8. The van der Waals surface area contributed by atoms with Gasteiger partial charge in [-0.1, -0.05) is 17.7 Å². The van der Waals surface area contributed by atoms with E-state index in [1.807, 2.05) is 0 Å². The maximum absolute atomic E-state index is 3.87. The van der Waals surface area contributed by atoms with Crippen LogP contribution in [0.15, 0.2) is 12.1 Å². The van der Waals surface area contributed by atoms with Gasteiger partial charge in [-0.2, -0.15) is 6.42 Å². The van der Waals surface area contributed by atoms with Crippen LogP contribution < -0.4 is 0 Å². The minimum absolute atomic E-state index is 0. The Hall–Kier alpha value is 0.324. The van der Waals surface area contributed by atoms with E-state index in [0.717, 1.165) is 6.42 Å². The third-order valence-corrected chi connectivity index (χ3v) is 2.28. The zero-order valence-corrected chi connectivity index (χ0v) is 12.0. The van der Waals surface area contributed by atoms with E-state index in [0.29, 0.717) is 0 Å². The van der Waals surface area contributed by atoms with Crippen LogP contribution in [0.4, 0.5) is 0 Å². The van der Waals surface area contributed by atoms with E-state index >= 15 is 0 Å². The molecule has 1 radical (unpaired) electrons. The minimum Gasteiger partial charge on any atom is -0.358 e. The molecule has 0 N–H and O–H groups in total. The molecule has 0 saturated carbocycles. The molecule has 13 heavy (non-hydrogen) atoms. The number of aryl methyl sites for hydroxylation is 2. The van der Waals surface area contributed by atoms with E-state index in [1.54, 1.807) is 0 Å². The smallest absolute Gasteiger partial charge is 0 e. The summed E-state index contributed by atoms with van der Waals surface area (Å²) in [7, 11) is 0. The van der Waals surface area contributed by atoms with Crippen molar-refractivity contribution in [3.8, 4) is 0 Å². The van der Waals surface area contributed by atoms with E-state index in [9.17, 15) is 0 Å². The van der Waals surface area contributed by atoms with Gasteiger partial charge in [-0.15, -0.1) is 0 Å². The van der Waals surface area contributed by atoms with Gasteiger partial charge in [-0.05, 0) is 37.5 Å². The van der Waals surface area contributed by atoms with Crippen molar-refractivity contribution in [3.05, 3.63) is 48.7 Å². The fourth-order valence-electron chi connectivity index (χ4n) is 1.27. The molecule has 0 bridgehead atoms. The molecule has 1 heteroatoms. The molecule has 0 fully saturated rings. The van der Waals surface area contributed by atoms with E-state index in [1.165, 1.54) is 22.3 Å². The fourth-order valence-corrected chi connectivity index (χ4v) is 1.27. The quantitative estimate of drug-likeness (QED) is 0.671. The second-order valence-electron chi connectivity index (χ2n) is 3.10. The molecule has 0 aromatic heterocycles. The summed E-state index contributed by atoms with van der Waals surface area (Å²) in [5.74, 6) is 0. The second-order valence-corrected chi connectivity index (χ2v) is 3.10. The van der Waals surface area contributed by atoms with Gasteiger partial charge in [0.2, 0.25) is 0 Å². The van der Waals surface area contributed by atoms with Crippen LogP contribution in [0.25, 0.3) is 0 Å². The van der Waals surface area contributed by atoms with Crippen molar-refractivity contribution in [2.24, 2.45) is 0 Å². The average molecular weight is 251 g/mol. The first-order valence-corrected chi connectivity index (χ1v) is 4.01. The van der Waals surface area contributed by atoms with Gasteiger partial charge in [0, 0.05) is 32.7 Å². The van der Waals surface area contributed by atoms with E-state index < -0.39 is 0 Å². The Bertz CT molecular complexity index is 241. The third-order valence-electron chi connectivity index (χ3n) is 2.28. The van der Waals surface area contributed by atoms with Gasteiger partial charge >= 0.3 is 0 Å². The first-order valence-electron chi connectivity index (χ1n) is 4.01. The molecule has 0 atom stereocenters. The summed E-state index contributed by atoms with van der Waals surface area (Å²) in [4.78, 5) is 0. The Kier molecular flexibility index (Phi) is 8.17. The Labute approximate surface area is 108 Å². The Morgan fingerprint density at radius 3 is 1.77 bits per heavy atom. The predicted molar refractivity (Wildman–Crippen MR) is 56.1 cm³/mol. The molecule has 0 aliphatic carbocycles. The minimum atomic E-state index is 0. The van der Waals surface area contributed by atoms with Gasteiger partial charge in [0.05, 0.1) is 0 Å². The maximum atomic E-state index is 3.87. The van der Waals surface area contributed by atoms with Gasteiger partial charge < -0.3 is 14.4 Å². The van der Waals surface area contributed by atoms with Crippen LogP contribution in [0, 0.1) is 35.1 Å². The van der Waals surface area contributed by atoms with Crippen LogP contribution in [0.5, 0.6) is 0 Å². The molecular weight excluding hydrogens is 233 g/mol. The molecule has 0 nitrogen and oxygen atoms in total. The van der Waals surface area contributed by atoms with Gasteiger partial charge in [0.1, 0.15) is 0 Å². The topological polar surface area (TPSA) is 0 Å². The third kappa shape index (κ3) is 3.91. The number of hydrogen-bond donors (Lipinski definition) is 0. The van der Waals surface area contributed by atoms with Crippen LogP contribution >= 0.6 is 0 Å². The van der Waals surface area contributed by atoms with Crippen LogP contribution in [0.2, 0.25) is 0 Å². The largest absolute Gasteiger partial charge is 0.358 e. The number of hydrogen-bond acceptors (Lipinski definition) is 0. The van der Waals surface area contributed by atoms with Gasteiger partial charge in [-0.3, -0.25) is 0 Å². The zero-order chi connectivity index (χ0) is 8.43. The molecule has 71 valence electrons. The predicted octanol–water partition coefficient (Wildman–Crippen LogP) is 3.44. The summed E-state index contributed by atoms with van der Waals surface area (Å²) >= 11 is 0. The Morgan fingerprint density at radius 1 is 1.08 bits per heavy atom. The van der Waals surface area contributed by atoms with Crippen molar-refractivity contribution in [2.75, 3.05) is 0 Å². The monoisotopic (exact) mass is 251 g/mol. The molecule has 1 aromatic carbocycles. The van der Waals surface area contributed by atoms with Crippen LogP contribution in [0.3, 0.4) is 0 Å². The number of rotatable bonds is 1. The van der Waals surface area contributed by atoms with Crippen LogP contribution in [0.1, 0.15) is 22.3 Å². The van der Waals surface area contributed by atoms with E-state index in [2.05, 4.69) is 39.8 Å². The molecule has 0 unspecified atom stereocenters. The Balaban J connectivity index is 0. The van der Waals surface area contributed by atoms with Crippen molar-refractivity contribution in [3.63, 3.8) is 0 Å². The normalized spacial score (nSPS) is 8.62. The second kappa shape index (κ2) is 6.73. The zero-order valence-electron chi connectivity index (χ0n) is 9.15. The molecule has 1 aromatic rings. The SMILES string of the molecule is [CH2-]Cc1cc(C)c(C)c(C)c1.[CH3-].[Y]. The Morgan fingerprint density at radius 2 is 1.46 bits per heavy atom. The average Bonchev–Trinajstić information content (AvgIpc) is 1.99. The summed E-state index contributed by atoms with van der Waals surface area (Å²) in [6.07, 6.45) is 0.891. The molecular formula is C12H18Y-2. The summed E-state index contributed by atoms with van der Waals surface area (Å²) in [6.45, 7) is 10.3. The molecule has 0 saturated heterocycles. The van der Waals surface area contributed by atoms with Crippen LogP contribution in [-0.4, -0.2) is 0 Å². The van der Waals surface area contributed by atoms with Crippen LogP contribution in [-0.2, 0) is 39.1 Å². The standard InChI is InChI=1S/C11H15.CH3.Y/c1-5-11-6-8(2)10(4)9(3)7-11;;/h6-7H,1,5H2,2-4H3;1H3;/q2*-1;. The van der Waals surface area contributed by atoms with Gasteiger partial charge in [0.15, 0.2) is 0 Å². The van der Waals surface area contributed by atoms with E-state index in [-0.39, 0.29) is 40.1 Å². The molecule has 1 rings (SSSR count). The number of benzene rings is 1. The maximum Gasteiger partial charge on any atom is 0 e. The molecule has 0 aliphatic heterocycles. The van der Waals surface area contributed by atoms with Crippen molar-refractivity contribution >= 4 is 0 Å². The molecule has 0 spiro atoms. The van der Waals surface area contributed by atoms with E-state index in [4.69, 9.17) is 0 Å². The van der Waals surface area contributed by atoms with Gasteiger partial charge in [0.25, 0.3) is 0 Å². The molecule has 0 aliphatic rings. The van der Waals surface area contributed by atoms with Gasteiger partial charge in [-0.25, -0.2) is 0 Å². The van der Waals surface area contributed by atoms with Crippen molar-refractivity contribution < 1.29 is 32.7 Å². The molecule has 0 heterocycles. The fraction of sp³-hybridized carbons (Fsp3) is 0.333. The summed E-state index contributed by atoms with van der Waals surface area (Å²) in [5, 5.41) is 0. The van der Waals surface area contributed by atoms with Crippen molar-refractivity contribution in [1.82, 2.24) is 0 Å². The molecule has 0 amide bonds. The summed E-state index contributed by atoms with van der Waals surface area (Å²) < 4.78 is 0. The summed E-state index contributed by atoms with van der Waals surface area (Å²) in [6, 6.07) is 4.44.